The van der Waals surface area contributed by atoms with Crippen LogP contribution < -0.4 is 5.32 Å². The van der Waals surface area contributed by atoms with Crippen LogP contribution >= 0.6 is 34.5 Å². The van der Waals surface area contributed by atoms with Gasteiger partial charge in [0.2, 0.25) is 0 Å². The van der Waals surface area contributed by atoms with Gasteiger partial charge in [-0.3, -0.25) is 10.1 Å². The predicted molar refractivity (Wildman–Crippen MR) is 104 cm³/mol. The van der Waals surface area contributed by atoms with Crippen molar-refractivity contribution >= 4 is 45.6 Å². The maximum absolute atomic E-state index is 12.2. The molecule has 0 saturated carbocycles. The normalized spacial score (nSPS) is 18.0. The highest BCUT2D eigenvalue weighted by Gasteiger charge is 2.20. The van der Waals surface area contributed by atoms with Crippen molar-refractivity contribution in [1.29, 1.82) is 0 Å². The molecule has 5 nitrogen and oxygen atoms in total. The Kier molecular flexibility index (Phi) is 6.89. The number of rotatable bonds is 7. The standard InChI is InChI=1S/C18H20Cl2N2O3S/c1-11(25-10-13-5-3-7-24-13)17(23)22-18-21-9-14(26-18)8-12-4-2-6-15(19)16(12)20/h2,4,6,9,11,13H,3,5,7-8,10H2,1H3,(H,21,22,23)/t11-,13+/m1/s1. The van der Waals surface area contributed by atoms with E-state index in [0.29, 0.717) is 28.2 Å². The Balaban J connectivity index is 1.52. The zero-order valence-corrected chi connectivity index (χ0v) is 16.7. The van der Waals surface area contributed by atoms with Crippen molar-refractivity contribution in [1.82, 2.24) is 4.98 Å². The van der Waals surface area contributed by atoms with E-state index in [1.807, 2.05) is 12.1 Å². The van der Waals surface area contributed by atoms with Crippen LogP contribution in [0.25, 0.3) is 0 Å². The molecule has 140 valence electrons. The van der Waals surface area contributed by atoms with Crippen LogP contribution in [-0.2, 0) is 20.7 Å². The molecule has 2 heterocycles. The number of hydrogen-bond donors (Lipinski definition) is 1. The van der Waals surface area contributed by atoms with E-state index in [2.05, 4.69) is 10.3 Å². The van der Waals surface area contributed by atoms with E-state index in [-0.39, 0.29) is 12.0 Å². The van der Waals surface area contributed by atoms with Crippen molar-refractivity contribution in [2.75, 3.05) is 18.5 Å². The van der Waals surface area contributed by atoms with Gasteiger partial charge in [-0.1, -0.05) is 35.3 Å². The molecule has 1 amide bonds. The minimum Gasteiger partial charge on any atom is -0.376 e. The molecule has 8 heteroatoms. The van der Waals surface area contributed by atoms with Crippen molar-refractivity contribution in [3.8, 4) is 0 Å². The summed E-state index contributed by atoms with van der Waals surface area (Å²) in [5.74, 6) is -0.218. The molecule has 1 N–H and O–H groups in total. The monoisotopic (exact) mass is 414 g/mol. The molecule has 0 aliphatic carbocycles. The summed E-state index contributed by atoms with van der Waals surface area (Å²) >= 11 is 13.7. The average molecular weight is 415 g/mol. The van der Waals surface area contributed by atoms with Gasteiger partial charge in [-0.15, -0.1) is 11.3 Å². The first-order valence-electron chi connectivity index (χ1n) is 8.44. The summed E-state index contributed by atoms with van der Waals surface area (Å²) < 4.78 is 11.1. The smallest absolute Gasteiger partial charge is 0.254 e. The highest BCUT2D eigenvalue weighted by molar-refractivity contribution is 7.15. The molecule has 1 fully saturated rings. The predicted octanol–water partition coefficient (Wildman–Crippen LogP) is 4.56. The van der Waals surface area contributed by atoms with Gasteiger partial charge in [0.25, 0.3) is 5.91 Å². The maximum atomic E-state index is 12.2. The van der Waals surface area contributed by atoms with Gasteiger partial charge in [-0.05, 0) is 31.4 Å². The third-order valence-corrected chi connectivity index (χ3v) is 5.88. The molecule has 3 rings (SSSR count). The van der Waals surface area contributed by atoms with Crippen molar-refractivity contribution in [2.45, 2.75) is 38.4 Å². The van der Waals surface area contributed by atoms with Crippen LogP contribution in [0, 0.1) is 0 Å². The van der Waals surface area contributed by atoms with E-state index in [1.54, 1.807) is 19.2 Å². The van der Waals surface area contributed by atoms with Gasteiger partial charge < -0.3 is 9.47 Å². The lowest BCUT2D eigenvalue weighted by molar-refractivity contribution is -0.128. The van der Waals surface area contributed by atoms with Gasteiger partial charge in [0.05, 0.1) is 22.8 Å². The number of nitrogens with one attached hydrogen (secondary N) is 1. The first kappa shape index (κ1) is 19.6. The van der Waals surface area contributed by atoms with Gasteiger partial charge in [-0.25, -0.2) is 4.98 Å². The average Bonchev–Trinajstić information content (AvgIpc) is 3.29. The van der Waals surface area contributed by atoms with Crippen molar-refractivity contribution in [3.05, 3.63) is 44.9 Å². The number of halogens is 2. The molecule has 0 spiro atoms. The minimum atomic E-state index is -0.561. The van der Waals surface area contributed by atoms with Gasteiger partial charge in [-0.2, -0.15) is 0 Å². The fourth-order valence-corrected chi connectivity index (χ4v) is 3.86. The van der Waals surface area contributed by atoms with E-state index < -0.39 is 6.10 Å². The van der Waals surface area contributed by atoms with E-state index in [9.17, 15) is 4.79 Å². The summed E-state index contributed by atoms with van der Waals surface area (Å²) in [6, 6.07) is 5.54. The summed E-state index contributed by atoms with van der Waals surface area (Å²) in [5, 5.41) is 4.40. The fraction of sp³-hybridized carbons (Fsp3) is 0.444. The lowest BCUT2D eigenvalue weighted by Crippen LogP contribution is -2.30. The number of benzene rings is 1. The Morgan fingerprint density at radius 3 is 3.12 bits per heavy atom. The highest BCUT2D eigenvalue weighted by Crippen LogP contribution is 2.29. The Hall–Kier alpha value is -1.18. The zero-order valence-electron chi connectivity index (χ0n) is 14.3. The lowest BCUT2D eigenvalue weighted by Gasteiger charge is -2.15. The molecule has 26 heavy (non-hydrogen) atoms. The Labute approximate surface area is 166 Å². The van der Waals surface area contributed by atoms with Crippen LogP contribution in [0.1, 0.15) is 30.2 Å². The highest BCUT2D eigenvalue weighted by atomic mass is 35.5. The molecule has 0 bridgehead atoms. The molecule has 1 aromatic heterocycles. The van der Waals surface area contributed by atoms with Crippen molar-refractivity contribution in [2.24, 2.45) is 0 Å². The van der Waals surface area contributed by atoms with Crippen LogP contribution in [0.3, 0.4) is 0 Å². The SMILES string of the molecule is C[C@@H](OC[C@@H]1CCCO1)C(=O)Nc1ncc(Cc2cccc(Cl)c2Cl)s1. The number of thiazole rings is 1. The molecule has 2 atom stereocenters. The first-order valence-corrected chi connectivity index (χ1v) is 10.0. The van der Waals surface area contributed by atoms with E-state index in [1.165, 1.54) is 11.3 Å². The number of carbonyl (C=O) groups excluding carboxylic acids is 1. The Morgan fingerprint density at radius 1 is 1.50 bits per heavy atom. The van der Waals surface area contributed by atoms with Gasteiger partial charge in [0.15, 0.2) is 5.13 Å². The van der Waals surface area contributed by atoms with Crippen molar-refractivity contribution in [3.63, 3.8) is 0 Å². The number of anilines is 1. The minimum absolute atomic E-state index is 0.0964. The molecule has 0 radical (unpaired) electrons. The second kappa shape index (κ2) is 9.15. The van der Waals surface area contributed by atoms with Crippen molar-refractivity contribution < 1.29 is 14.3 Å². The third-order valence-electron chi connectivity index (χ3n) is 4.11. The molecule has 1 aliphatic rings. The van der Waals surface area contributed by atoms with Gasteiger partial charge in [0, 0.05) is 24.1 Å². The molecular weight excluding hydrogens is 395 g/mol. The summed E-state index contributed by atoms with van der Waals surface area (Å²) in [6.07, 6.45) is 3.91. The molecular formula is C18H20Cl2N2O3S. The van der Waals surface area contributed by atoms with Crippen LogP contribution in [0.2, 0.25) is 10.0 Å². The topological polar surface area (TPSA) is 60.5 Å². The fourth-order valence-electron chi connectivity index (χ4n) is 2.63. The summed E-state index contributed by atoms with van der Waals surface area (Å²) in [5.41, 5.74) is 0.925. The molecule has 1 aromatic carbocycles. The molecule has 1 aliphatic heterocycles. The van der Waals surface area contributed by atoms with Crippen LogP contribution in [0.5, 0.6) is 0 Å². The Morgan fingerprint density at radius 2 is 2.35 bits per heavy atom. The number of carbonyl (C=O) groups is 1. The molecule has 0 unspecified atom stereocenters. The summed E-state index contributed by atoms with van der Waals surface area (Å²) in [4.78, 5) is 17.5. The largest absolute Gasteiger partial charge is 0.376 e. The zero-order chi connectivity index (χ0) is 18.5. The van der Waals surface area contributed by atoms with Gasteiger partial charge in [0.1, 0.15) is 6.10 Å². The van der Waals surface area contributed by atoms with Crippen LogP contribution in [-0.4, -0.2) is 36.3 Å². The summed E-state index contributed by atoms with van der Waals surface area (Å²) in [7, 11) is 0. The van der Waals surface area contributed by atoms with E-state index in [0.717, 1.165) is 29.9 Å². The van der Waals surface area contributed by atoms with Crippen LogP contribution in [0.15, 0.2) is 24.4 Å². The number of hydrogen-bond acceptors (Lipinski definition) is 5. The lowest BCUT2D eigenvalue weighted by atomic mass is 10.1. The number of amides is 1. The van der Waals surface area contributed by atoms with E-state index >= 15 is 0 Å². The maximum Gasteiger partial charge on any atom is 0.254 e. The van der Waals surface area contributed by atoms with Gasteiger partial charge >= 0.3 is 0 Å². The number of ether oxygens (including phenoxy) is 2. The first-order chi connectivity index (χ1) is 12.5. The second-order valence-corrected chi connectivity index (χ2v) is 8.02. The number of nitrogens with zero attached hydrogens (tertiary/aromatic N) is 1. The second-order valence-electron chi connectivity index (χ2n) is 6.12. The Bertz CT molecular complexity index is 763. The quantitative estimate of drug-likeness (QED) is 0.720. The molecule has 1 saturated heterocycles. The van der Waals surface area contributed by atoms with E-state index in [4.69, 9.17) is 32.7 Å². The number of aromatic nitrogens is 1. The molecule has 2 aromatic rings. The van der Waals surface area contributed by atoms with Crippen LogP contribution in [0.4, 0.5) is 5.13 Å². The summed E-state index contributed by atoms with van der Waals surface area (Å²) in [6.45, 7) is 2.93. The third kappa shape index (κ3) is 5.18.